The number of halogens is 3. The monoisotopic (exact) mass is 643 g/mol. The Morgan fingerprint density at radius 1 is 1.18 bits per heavy atom. The van der Waals surface area contributed by atoms with Crippen molar-refractivity contribution in [3.05, 3.63) is 105 Å². The first kappa shape index (κ1) is 31.8. The van der Waals surface area contributed by atoms with Crippen LogP contribution < -0.4 is 10.6 Å². The zero-order chi connectivity index (χ0) is 31.4. The average molecular weight is 644 g/mol. The maximum absolute atomic E-state index is 15.2. The topological polar surface area (TPSA) is 140 Å². The molecular formula is C30H32ClF2N7O3S. The molecule has 1 aliphatic heterocycles. The van der Waals surface area contributed by atoms with Gasteiger partial charge < -0.3 is 10.6 Å². The first-order chi connectivity index (χ1) is 21.1. The van der Waals surface area contributed by atoms with Gasteiger partial charge in [0.25, 0.3) is 0 Å². The summed E-state index contributed by atoms with van der Waals surface area (Å²) in [6.45, 7) is 2.79. The van der Waals surface area contributed by atoms with E-state index >= 15 is 4.39 Å². The van der Waals surface area contributed by atoms with Crippen molar-refractivity contribution in [3.63, 3.8) is 0 Å². The second kappa shape index (κ2) is 13.6. The van der Waals surface area contributed by atoms with Crippen LogP contribution in [0.25, 0.3) is 10.4 Å². The molecule has 5 rings (SSSR count). The van der Waals surface area contributed by atoms with Gasteiger partial charge in [0, 0.05) is 46.6 Å². The Morgan fingerprint density at radius 2 is 1.93 bits per heavy atom. The summed E-state index contributed by atoms with van der Waals surface area (Å²) in [5, 5.41) is 9.79. The van der Waals surface area contributed by atoms with Crippen LogP contribution in [0.5, 0.6) is 0 Å². The number of hydrogen-bond acceptors (Lipinski definition) is 6. The third kappa shape index (κ3) is 7.03. The van der Waals surface area contributed by atoms with E-state index in [1.165, 1.54) is 24.4 Å². The van der Waals surface area contributed by atoms with Crippen molar-refractivity contribution >= 4 is 33.2 Å². The van der Waals surface area contributed by atoms with Crippen molar-refractivity contribution in [2.75, 3.05) is 18.4 Å². The van der Waals surface area contributed by atoms with Gasteiger partial charge in [-0.15, -0.1) is 0 Å². The zero-order valence-electron chi connectivity index (χ0n) is 23.9. The molecule has 1 aliphatic carbocycles. The van der Waals surface area contributed by atoms with Crippen LogP contribution >= 0.6 is 11.6 Å². The summed E-state index contributed by atoms with van der Waals surface area (Å²) < 4.78 is 57.5. The summed E-state index contributed by atoms with van der Waals surface area (Å²) in [4.78, 5) is 20.6. The Labute approximate surface area is 259 Å². The van der Waals surface area contributed by atoms with Gasteiger partial charge in [-0.05, 0) is 73.5 Å². The molecule has 2 fully saturated rings. The molecule has 2 heterocycles. The number of rotatable bonds is 11. The highest BCUT2D eigenvalue weighted by atomic mass is 35.5. The fourth-order valence-electron chi connectivity index (χ4n) is 5.82. The Hall–Kier alpha value is -3.61. The number of aromatic nitrogens is 1. The van der Waals surface area contributed by atoms with E-state index in [1.807, 2.05) is 6.92 Å². The number of piperazine rings is 1. The lowest BCUT2D eigenvalue weighted by atomic mass is 9.84. The molecule has 1 aromatic heterocycles. The van der Waals surface area contributed by atoms with E-state index in [0.29, 0.717) is 48.5 Å². The van der Waals surface area contributed by atoms with Crippen molar-refractivity contribution in [1.82, 2.24) is 14.6 Å². The second-order valence-corrected chi connectivity index (χ2v) is 13.7. The fourth-order valence-corrected chi connectivity index (χ4v) is 8.19. The first-order valence-corrected chi connectivity index (χ1v) is 16.2. The number of hydrogen-bond donors (Lipinski definition) is 2. The maximum atomic E-state index is 15.2. The first-order valence-electron chi connectivity index (χ1n) is 14.3. The number of pyridine rings is 1. The van der Waals surface area contributed by atoms with Crippen LogP contribution in [0.15, 0.2) is 66.0 Å². The summed E-state index contributed by atoms with van der Waals surface area (Å²) in [5.41, 5.74) is 10.6. The summed E-state index contributed by atoms with van der Waals surface area (Å²) >= 11 is 6.07. The van der Waals surface area contributed by atoms with Gasteiger partial charge in [-0.25, -0.2) is 17.2 Å². The summed E-state index contributed by atoms with van der Waals surface area (Å²) in [7, 11) is -3.48. The number of amides is 1. The van der Waals surface area contributed by atoms with Crippen molar-refractivity contribution in [2.24, 2.45) is 5.11 Å². The molecule has 232 valence electrons. The van der Waals surface area contributed by atoms with E-state index in [-0.39, 0.29) is 29.0 Å². The van der Waals surface area contributed by atoms with Crippen LogP contribution in [-0.4, -0.2) is 60.1 Å². The summed E-state index contributed by atoms with van der Waals surface area (Å²) in [5.74, 6) is -2.87. The van der Waals surface area contributed by atoms with Crippen LogP contribution in [-0.2, 0) is 21.2 Å². The highest BCUT2D eigenvalue weighted by Crippen LogP contribution is 2.36. The van der Waals surface area contributed by atoms with Crippen LogP contribution in [0.3, 0.4) is 0 Å². The predicted octanol–water partition coefficient (Wildman–Crippen LogP) is 5.55. The van der Waals surface area contributed by atoms with Gasteiger partial charge in [0.1, 0.15) is 17.7 Å². The molecule has 3 aromatic rings. The second-order valence-electron chi connectivity index (χ2n) is 11.1. The van der Waals surface area contributed by atoms with Crippen molar-refractivity contribution in [1.29, 1.82) is 0 Å². The number of carbonyl (C=O) groups is 1. The van der Waals surface area contributed by atoms with Gasteiger partial charge in [0.2, 0.25) is 15.9 Å². The van der Waals surface area contributed by atoms with Crippen LogP contribution in [0.4, 0.5) is 14.5 Å². The smallest absolute Gasteiger partial charge is 0.234 e. The van der Waals surface area contributed by atoms with Crippen molar-refractivity contribution in [3.8, 4) is 0 Å². The normalized spacial score (nSPS) is 20.4. The Morgan fingerprint density at radius 3 is 2.61 bits per heavy atom. The molecule has 10 nitrogen and oxygen atoms in total. The predicted molar refractivity (Wildman–Crippen MR) is 164 cm³/mol. The molecule has 0 spiro atoms. The number of azide groups is 1. The third-order valence-electron chi connectivity index (χ3n) is 8.04. The summed E-state index contributed by atoms with van der Waals surface area (Å²) in [6, 6.07) is 10.1. The molecule has 1 amide bonds. The molecule has 4 atom stereocenters. The maximum Gasteiger partial charge on any atom is 0.234 e. The zero-order valence-corrected chi connectivity index (χ0v) is 25.5. The van der Waals surface area contributed by atoms with Crippen molar-refractivity contribution < 1.29 is 22.0 Å². The molecule has 2 unspecified atom stereocenters. The lowest BCUT2D eigenvalue weighted by Gasteiger charge is -2.40. The van der Waals surface area contributed by atoms with Crippen LogP contribution in [0.1, 0.15) is 48.8 Å². The molecule has 2 N–H and O–H groups in total. The summed E-state index contributed by atoms with van der Waals surface area (Å²) in [6.07, 6.45) is 4.00. The van der Waals surface area contributed by atoms with Crippen LogP contribution in [0, 0.1) is 11.6 Å². The molecule has 2 aromatic carbocycles. The van der Waals surface area contributed by atoms with Gasteiger partial charge in [0.05, 0.1) is 23.3 Å². The SMILES string of the molecule is CC1CNCC(CCc2c(F)cncc2NC(=O)[C@@H](N=[N+]=[N-])[C@@H](c2ccc(Cl)cc2)c2cccc(F)c2)N1S(=O)(=O)C1CC1. The standard InChI is InChI=1S/C30H32ClF2N7O3S/c1-18-14-35-15-23(40(18)44(42,43)24-10-11-24)9-12-25-26(33)16-36-17-27(25)37-30(41)29(38-39-34)28(19-5-7-21(31)8-6-19)20-3-2-4-22(32)13-20/h2-8,13,16-18,23-24,28-29,35H,9-12,14-15H2,1H3,(H,37,41)/t18?,23?,28-,29-/m0/s1. The quantitative estimate of drug-likeness (QED) is 0.160. The highest BCUT2D eigenvalue weighted by Gasteiger charge is 2.45. The molecule has 44 heavy (non-hydrogen) atoms. The fraction of sp³-hybridized carbons (Fsp3) is 0.400. The Kier molecular flexibility index (Phi) is 9.81. The van der Waals surface area contributed by atoms with E-state index in [0.717, 1.165) is 6.20 Å². The van der Waals surface area contributed by atoms with Gasteiger partial charge in [-0.3, -0.25) is 9.78 Å². The third-order valence-corrected chi connectivity index (χ3v) is 10.9. The van der Waals surface area contributed by atoms with Crippen molar-refractivity contribution in [2.45, 2.75) is 61.9 Å². The number of carbonyl (C=O) groups excluding carboxylic acids is 1. The van der Waals surface area contributed by atoms with E-state index in [9.17, 15) is 23.1 Å². The number of sulfonamides is 1. The minimum absolute atomic E-state index is 0.0654. The number of benzene rings is 2. The van der Waals surface area contributed by atoms with Gasteiger partial charge >= 0.3 is 0 Å². The molecule has 1 saturated heterocycles. The van der Waals surface area contributed by atoms with E-state index in [4.69, 9.17) is 11.6 Å². The molecule has 1 saturated carbocycles. The average Bonchev–Trinajstić information content (AvgIpc) is 3.84. The van der Waals surface area contributed by atoms with Gasteiger partial charge in [-0.2, -0.15) is 4.31 Å². The molecule has 0 bridgehead atoms. The van der Waals surface area contributed by atoms with E-state index in [1.54, 1.807) is 34.6 Å². The highest BCUT2D eigenvalue weighted by molar-refractivity contribution is 7.90. The molecule has 0 radical (unpaired) electrons. The van der Waals surface area contributed by atoms with Crippen LogP contribution in [0.2, 0.25) is 5.02 Å². The minimum atomic E-state index is -3.48. The molecular weight excluding hydrogens is 612 g/mol. The largest absolute Gasteiger partial charge is 0.324 e. The van der Waals surface area contributed by atoms with E-state index in [2.05, 4.69) is 25.6 Å². The Balaban J connectivity index is 1.42. The van der Waals surface area contributed by atoms with Gasteiger partial charge in [0.15, 0.2) is 0 Å². The van der Waals surface area contributed by atoms with Gasteiger partial charge in [-0.1, -0.05) is 41.0 Å². The molecule has 14 heteroatoms. The number of nitrogens with one attached hydrogen (secondary N) is 2. The number of nitrogens with zero attached hydrogens (tertiary/aromatic N) is 5. The lowest BCUT2D eigenvalue weighted by Crippen LogP contribution is -2.59. The lowest BCUT2D eigenvalue weighted by molar-refractivity contribution is -0.117. The van der Waals surface area contributed by atoms with E-state index < -0.39 is 45.6 Å². The minimum Gasteiger partial charge on any atom is -0.324 e. The molecule has 2 aliphatic rings. The number of anilines is 1. The Bertz CT molecular complexity index is 1670.